The Bertz CT molecular complexity index is 813. The molecule has 4 rings (SSSR count). The van der Waals surface area contributed by atoms with Crippen molar-refractivity contribution in [2.45, 2.75) is 51.5 Å². The first-order chi connectivity index (χ1) is 13.1. The van der Waals surface area contributed by atoms with Crippen LogP contribution in [0.4, 0.5) is 5.69 Å². The topological polar surface area (TPSA) is 46.6 Å². The van der Waals surface area contributed by atoms with Gasteiger partial charge >= 0.3 is 0 Å². The van der Waals surface area contributed by atoms with Crippen molar-refractivity contribution in [1.29, 1.82) is 0 Å². The lowest BCUT2D eigenvalue weighted by molar-refractivity contribution is 0.254. The van der Waals surface area contributed by atoms with Gasteiger partial charge in [-0.1, -0.05) is 0 Å². The third kappa shape index (κ3) is 3.98. The van der Waals surface area contributed by atoms with Gasteiger partial charge in [-0.25, -0.2) is 0 Å². The van der Waals surface area contributed by atoms with Gasteiger partial charge in [0.25, 0.3) is 0 Å². The lowest BCUT2D eigenvalue weighted by atomic mass is 9.89. The van der Waals surface area contributed by atoms with E-state index in [1.165, 1.54) is 37.2 Å². The van der Waals surface area contributed by atoms with E-state index in [0.717, 1.165) is 48.2 Å². The van der Waals surface area contributed by atoms with Crippen LogP contribution < -0.4 is 14.8 Å². The number of pyridine rings is 1. The smallest absolute Gasteiger partial charge is 0.163 e. The van der Waals surface area contributed by atoms with Crippen LogP contribution in [0.3, 0.4) is 0 Å². The Balaban J connectivity index is 1.53. The normalized spacial score (nSPS) is 18.9. The summed E-state index contributed by atoms with van der Waals surface area (Å²) in [5.41, 5.74) is 3.52. The number of methoxy groups -OCH3 is 1. The summed E-state index contributed by atoms with van der Waals surface area (Å²) in [7, 11) is 1.71. The van der Waals surface area contributed by atoms with Gasteiger partial charge in [0.2, 0.25) is 0 Å². The number of hydrogen-bond donors (Lipinski definition) is 1. The molecule has 3 heterocycles. The maximum atomic E-state index is 6.07. The zero-order valence-corrected chi connectivity index (χ0v) is 16.8. The van der Waals surface area contributed by atoms with Crippen LogP contribution in [0.5, 0.6) is 11.5 Å². The molecule has 5 nitrogen and oxygen atoms in total. The lowest BCUT2D eigenvalue weighted by Crippen LogP contribution is -2.35. The second-order valence-electron chi connectivity index (χ2n) is 8.44. The van der Waals surface area contributed by atoms with Crippen LogP contribution in [0, 0.1) is 0 Å². The summed E-state index contributed by atoms with van der Waals surface area (Å²) in [4.78, 5) is 7.20. The van der Waals surface area contributed by atoms with E-state index >= 15 is 0 Å². The highest BCUT2D eigenvalue weighted by Crippen LogP contribution is 2.40. The molecule has 0 amide bonds. The Hall–Kier alpha value is -2.01. The highest BCUT2D eigenvalue weighted by Gasteiger charge is 2.26. The van der Waals surface area contributed by atoms with Crippen LogP contribution in [0.15, 0.2) is 18.3 Å². The minimum absolute atomic E-state index is 0.0965. The number of nitrogens with one attached hydrogen (secondary N) is 1. The minimum atomic E-state index is 0.0965. The SMILES string of the molecule is COc1cc2c3c(cnc2cc1OCCCN1CCCC1)CCC(C)(C)N3. The number of ether oxygens (including phenoxy) is 2. The first kappa shape index (κ1) is 18.4. The Morgan fingerprint density at radius 1 is 1.19 bits per heavy atom. The number of aryl methyl sites for hydroxylation is 1. The van der Waals surface area contributed by atoms with Gasteiger partial charge < -0.3 is 19.7 Å². The van der Waals surface area contributed by atoms with E-state index < -0.39 is 0 Å². The highest BCUT2D eigenvalue weighted by atomic mass is 16.5. The maximum absolute atomic E-state index is 6.07. The summed E-state index contributed by atoms with van der Waals surface area (Å²) in [5.74, 6) is 1.57. The number of rotatable bonds is 6. The summed E-state index contributed by atoms with van der Waals surface area (Å²) in [6.45, 7) is 8.78. The zero-order valence-electron chi connectivity index (χ0n) is 16.8. The molecule has 2 aliphatic heterocycles. The number of hydrogen-bond acceptors (Lipinski definition) is 5. The van der Waals surface area contributed by atoms with Gasteiger partial charge in [0, 0.05) is 35.4 Å². The second-order valence-corrected chi connectivity index (χ2v) is 8.44. The number of benzene rings is 1. The summed E-state index contributed by atoms with van der Waals surface area (Å²) in [6.07, 6.45) is 7.87. The number of likely N-dealkylation sites (tertiary alicyclic amines) is 1. The quantitative estimate of drug-likeness (QED) is 0.772. The molecule has 5 heteroatoms. The summed E-state index contributed by atoms with van der Waals surface area (Å²) in [5, 5.41) is 4.80. The monoisotopic (exact) mass is 369 g/mol. The number of nitrogens with zero attached hydrogens (tertiary/aromatic N) is 2. The van der Waals surface area contributed by atoms with Gasteiger partial charge in [0.1, 0.15) is 0 Å². The van der Waals surface area contributed by atoms with Crippen molar-refractivity contribution in [2.24, 2.45) is 0 Å². The Morgan fingerprint density at radius 3 is 2.78 bits per heavy atom. The molecule has 1 aromatic heterocycles. The van der Waals surface area contributed by atoms with Gasteiger partial charge in [-0.15, -0.1) is 0 Å². The van der Waals surface area contributed by atoms with Gasteiger partial charge in [-0.05, 0) is 70.7 Å². The first-order valence-electron chi connectivity index (χ1n) is 10.2. The maximum Gasteiger partial charge on any atom is 0.163 e. The average Bonchev–Trinajstić information content (AvgIpc) is 3.17. The molecule has 0 unspecified atom stereocenters. The summed E-state index contributed by atoms with van der Waals surface area (Å²) >= 11 is 0. The molecule has 0 saturated carbocycles. The van der Waals surface area contributed by atoms with Crippen molar-refractivity contribution < 1.29 is 9.47 Å². The number of anilines is 1. The molecule has 0 atom stereocenters. The van der Waals surface area contributed by atoms with E-state index in [1.807, 2.05) is 12.3 Å². The molecule has 146 valence electrons. The fourth-order valence-electron chi connectivity index (χ4n) is 4.18. The second kappa shape index (κ2) is 7.55. The standard InChI is InChI=1S/C22H31N3O2/c1-22(2)8-7-16-15-23-18-14-20(19(26-3)13-17(18)21(16)24-22)27-12-6-11-25-9-4-5-10-25/h13-15,24H,4-12H2,1-3H3. The van der Waals surface area contributed by atoms with Crippen LogP contribution >= 0.6 is 0 Å². The Labute approximate surface area is 162 Å². The molecule has 0 spiro atoms. The van der Waals surface area contributed by atoms with Crippen molar-refractivity contribution in [1.82, 2.24) is 9.88 Å². The molecule has 0 radical (unpaired) electrons. The van der Waals surface area contributed by atoms with Crippen molar-refractivity contribution >= 4 is 16.6 Å². The molecule has 27 heavy (non-hydrogen) atoms. The van der Waals surface area contributed by atoms with Crippen LogP contribution in [0.2, 0.25) is 0 Å². The molecule has 1 aromatic carbocycles. The van der Waals surface area contributed by atoms with Crippen LogP contribution in [0.1, 0.15) is 45.1 Å². The Morgan fingerprint density at radius 2 is 2.00 bits per heavy atom. The van der Waals surface area contributed by atoms with E-state index in [0.29, 0.717) is 6.61 Å². The van der Waals surface area contributed by atoms with Crippen molar-refractivity contribution in [3.05, 3.63) is 23.9 Å². The van der Waals surface area contributed by atoms with Crippen LogP contribution in [-0.4, -0.2) is 48.8 Å². The average molecular weight is 370 g/mol. The first-order valence-corrected chi connectivity index (χ1v) is 10.2. The fourth-order valence-corrected chi connectivity index (χ4v) is 4.18. The molecule has 1 N–H and O–H groups in total. The van der Waals surface area contributed by atoms with E-state index in [2.05, 4.69) is 35.1 Å². The fraction of sp³-hybridized carbons (Fsp3) is 0.591. The predicted molar refractivity (Wildman–Crippen MR) is 110 cm³/mol. The van der Waals surface area contributed by atoms with Gasteiger partial charge in [-0.2, -0.15) is 0 Å². The van der Waals surface area contributed by atoms with E-state index in [4.69, 9.17) is 9.47 Å². The molecule has 1 fully saturated rings. The molecule has 2 aliphatic rings. The molecule has 0 aliphatic carbocycles. The van der Waals surface area contributed by atoms with Crippen molar-refractivity contribution in [3.63, 3.8) is 0 Å². The molecule has 1 saturated heterocycles. The van der Waals surface area contributed by atoms with Crippen molar-refractivity contribution in [3.8, 4) is 11.5 Å². The van der Waals surface area contributed by atoms with Crippen molar-refractivity contribution in [2.75, 3.05) is 38.7 Å². The summed E-state index contributed by atoms with van der Waals surface area (Å²) in [6, 6.07) is 4.10. The van der Waals surface area contributed by atoms with E-state index in [-0.39, 0.29) is 5.54 Å². The van der Waals surface area contributed by atoms with Gasteiger partial charge in [0.15, 0.2) is 11.5 Å². The van der Waals surface area contributed by atoms with Crippen LogP contribution in [-0.2, 0) is 6.42 Å². The molecular weight excluding hydrogens is 338 g/mol. The number of fused-ring (bicyclic) bond motifs is 3. The highest BCUT2D eigenvalue weighted by molar-refractivity contribution is 5.95. The lowest BCUT2D eigenvalue weighted by Gasteiger charge is -2.34. The van der Waals surface area contributed by atoms with E-state index in [1.54, 1.807) is 7.11 Å². The third-order valence-electron chi connectivity index (χ3n) is 5.79. The van der Waals surface area contributed by atoms with E-state index in [9.17, 15) is 0 Å². The Kier molecular flexibility index (Phi) is 5.13. The number of aromatic nitrogens is 1. The molecule has 0 bridgehead atoms. The largest absolute Gasteiger partial charge is 0.493 e. The summed E-state index contributed by atoms with van der Waals surface area (Å²) < 4.78 is 11.7. The molecular formula is C22H31N3O2. The predicted octanol–water partition coefficient (Wildman–Crippen LogP) is 4.24. The molecule has 2 aromatic rings. The van der Waals surface area contributed by atoms with Crippen LogP contribution in [0.25, 0.3) is 10.9 Å². The third-order valence-corrected chi connectivity index (χ3v) is 5.79. The van der Waals surface area contributed by atoms with Gasteiger partial charge in [-0.3, -0.25) is 4.98 Å². The minimum Gasteiger partial charge on any atom is -0.493 e. The van der Waals surface area contributed by atoms with Gasteiger partial charge in [0.05, 0.1) is 19.2 Å². The zero-order chi connectivity index (χ0) is 18.9.